The van der Waals surface area contributed by atoms with Gasteiger partial charge in [0.1, 0.15) is 11.6 Å². The van der Waals surface area contributed by atoms with Crippen molar-refractivity contribution in [3.63, 3.8) is 0 Å². The molecule has 14 heteroatoms. The lowest BCUT2D eigenvalue weighted by molar-refractivity contribution is -0.0221. The summed E-state index contributed by atoms with van der Waals surface area (Å²) >= 11 is 0. The zero-order chi connectivity index (χ0) is 31.1. The van der Waals surface area contributed by atoms with Gasteiger partial charge in [-0.25, -0.2) is 22.2 Å². The highest BCUT2D eigenvalue weighted by molar-refractivity contribution is 7.92. The normalized spacial score (nSPS) is 19.2. The molecule has 1 saturated carbocycles. The molecule has 6 rings (SSSR count). The summed E-state index contributed by atoms with van der Waals surface area (Å²) in [6.45, 7) is 1.25. The molecule has 1 amide bonds. The summed E-state index contributed by atoms with van der Waals surface area (Å²) in [6.07, 6.45) is 7.39. The van der Waals surface area contributed by atoms with Gasteiger partial charge in [0.05, 0.1) is 35.5 Å². The number of nitrogens with zero attached hydrogens (tertiary/aromatic N) is 5. The van der Waals surface area contributed by atoms with E-state index in [1.54, 1.807) is 41.0 Å². The number of nitrogens with one attached hydrogen (secondary N) is 2. The van der Waals surface area contributed by atoms with Crippen LogP contribution in [0, 0.1) is 5.41 Å². The third-order valence-electron chi connectivity index (χ3n) is 8.91. The average molecular weight is 630 g/mol. The van der Waals surface area contributed by atoms with Crippen molar-refractivity contribution in [3.05, 3.63) is 48.3 Å². The summed E-state index contributed by atoms with van der Waals surface area (Å²) in [4.78, 5) is 22.4. The SMILES string of the molecule is Cn1cc(-c2cc(NC(=O)c3ccc(NS(=O)(=O)CCO)cc3N3CCC4(CC3)CC4)nc(N3CCC(F)(F)CC3)c2)cn1. The number of aryl methyl sites for hydroxylation is 1. The van der Waals surface area contributed by atoms with Gasteiger partial charge in [0.2, 0.25) is 10.0 Å². The van der Waals surface area contributed by atoms with Gasteiger partial charge in [-0.1, -0.05) is 0 Å². The number of aliphatic hydroxyl groups excluding tert-OH is 1. The number of rotatable bonds is 9. The van der Waals surface area contributed by atoms with E-state index in [-0.39, 0.29) is 31.7 Å². The lowest BCUT2D eigenvalue weighted by atomic mass is 9.93. The highest BCUT2D eigenvalue weighted by Crippen LogP contribution is 2.54. The zero-order valence-corrected chi connectivity index (χ0v) is 25.4. The third kappa shape index (κ3) is 6.80. The first-order valence-corrected chi connectivity index (χ1v) is 16.5. The molecule has 0 unspecified atom stereocenters. The van der Waals surface area contributed by atoms with E-state index in [0.29, 0.717) is 28.2 Å². The second-order valence-corrected chi connectivity index (χ2v) is 14.0. The van der Waals surface area contributed by atoms with Crippen LogP contribution in [0.1, 0.15) is 48.9 Å². The Kier molecular flexibility index (Phi) is 7.99. The van der Waals surface area contributed by atoms with E-state index in [9.17, 15) is 22.0 Å². The molecular weight excluding hydrogens is 592 g/mol. The minimum Gasteiger partial charge on any atom is -0.395 e. The number of pyridine rings is 1. The lowest BCUT2D eigenvalue weighted by Crippen LogP contribution is -2.39. The topological polar surface area (TPSA) is 133 Å². The minimum absolute atomic E-state index is 0.137. The Balaban J connectivity index is 1.31. The number of benzene rings is 1. The predicted molar refractivity (Wildman–Crippen MR) is 165 cm³/mol. The lowest BCUT2D eigenvalue weighted by Gasteiger charge is -2.35. The van der Waals surface area contributed by atoms with E-state index in [2.05, 4.69) is 25.0 Å². The van der Waals surface area contributed by atoms with Gasteiger partial charge in [-0.05, 0) is 67.0 Å². The third-order valence-corrected chi connectivity index (χ3v) is 10.2. The van der Waals surface area contributed by atoms with E-state index >= 15 is 0 Å². The molecule has 3 aliphatic rings. The number of aromatic nitrogens is 3. The Morgan fingerprint density at radius 2 is 1.68 bits per heavy atom. The van der Waals surface area contributed by atoms with Crippen molar-refractivity contribution in [2.45, 2.75) is 44.4 Å². The summed E-state index contributed by atoms with van der Waals surface area (Å²) in [5, 5.41) is 16.3. The predicted octanol–water partition coefficient (Wildman–Crippen LogP) is 4.08. The molecular formula is C30H37F2N7O4S. The van der Waals surface area contributed by atoms with Crippen LogP contribution in [-0.4, -0.2) is 78.7 Å². The molecule has 3 fully saturated rings. The first kappa shape index (κ1) is 30.3. The number of carbonyl (C=O) groups is 1. The highest BCUT2D eigenvalue weighted by atomic mass is 32.2. The standard InChI is InChI=1S/C30H37F2N7O4S/c1-37-20-22(19-33-37)21-16-26(34-27(17-21)39-12-8-30(31,32)9-13-39)35-28(41)24-3-2-23(36-44(42,43)15-14-40)18-25(24)38-10-6-29(4-5-29)7-11-38/h2-3,16-20,36,40H,4-15H2,1H3,(H,34,35,41). The van der Waals surface area contributed by atoms with Gasteiger partial charge < -0.3 is 20.2 Å². The molecule has 0 bridgehead atoms. The van der Waals surface area contributed by atoms with Gasteiger partial charge in [-0.3, -0.25) is 14.2 Å². The molecule has 2 aliphatic heterocycles. The van der Waals surface area contributed by atoms with E-state index in [1.807, 2.05) is 12.3 Å². The van der Waals surface area contributed by atoms with Crippen LogP contribution in [0.4, 0.5) is 31.8 Å². The van der Waals surface area contributed by atoms with E-state index in [4.69, 9.17) is 5.11 Å². The van der Waals surface area contributed by atoms with Gasteiger partial charge >= 0.3 is 0 Å². The first-order valence-electron chi connectivity index (χ1n) is 14.9. The summed E-state index contributed by atoms with van der Waals surface area (Å²) in [5.74, 6) is -2.83. The van der Waals surface area contributed by atoms with Crippen molar-refractivity contribution in [2.75, 3.05) is 58.4 Å². The van der Waals surface area contributed by atoms with Gasteiger partial charge in [-0.2, -0.15) is 5.10 Å². The number of hydrogen-bond acceptors (Lipinski definition) is 8. The Morgan fingerprint density at radius 1 is 0.977 bits per heavy atom. The summed E-state index contributed by atoms with van der Waals surface area (Å²) < 4.78 is 56.7. The Labute approximate surface area is 255 Å². The maximum absolute atomic E-state index is 13.9. The largest absolute Gasteiger partial charge is 0.395 e. The van der Waals surface area contributed by atoms with Crippen molar-refractivity contribution in [3.8, 4) is 11.1 Å². The molecule has 1 spiro atoms. The molecule has 4 heterocycles. The first-order chi connectivity index (χ1) is 20.9. The average Bonchev–Trinajstić information content (AvgIpc) is 3.58. The van der Waals surface area contributed by atoms with Gasteiger partial charge in [-0.15, -0.1) is 0 Å². The van der Waals surface area contributed by atoms with Crippen LogP contribution in [0.5, 0.6) is 0 Å². The maximum atomic E-state index is 13.9. The van der Waals surface area contributed by atoms with Crippen LogP contribution in [-0.2, 0) is 17.1 Å². The molecule has 3 aromatic rings. The van der Waals surface area contributed by atoms with Gasteiger partial charge in [0.15, 0.2) is 0 Å². The van der Waals surface area contributed by atoms with Crippen molar-refractivity contribution >= 4 is 38.9 Å². The monoisotopic (exact) mass is 629 g/mol. The van der Waals surface area contributed by atoms with Crippen LogP contribution in [0.3, 0.4) is 0 Å². The van der Waals surface area contributed by atoms with E-state index in [1.165, 1.54) is 18.9 Å². The van der Waals surface area contributed by atoms with Crippen LogP contribution in [0.2, 0.25) is 0 Å². The van der Waals surface area contributed by atoms with Crippen molar-refractivity contribution in [2.24, 2.45) is 12.5 Å². The maximum Gasteiger partial charge on any atom is 0.258 e. The molecule has 1 aromatic carbocycles. The number of aliphatic hydroxyl groups is 1. The molecule has 0 atom stereocenters. The fourth-order valence-corrected chi connectivity index (χ4v) is 6.85. The number of hydrogen-bond donors (Lipinski definition) is 3. The van der Waals surface area contributed by atoms with Crippen molar-refractivity contribution in [1.29, 1.82) is 0 Å². The molecule has 2 aromatic heterocycles. The fourth-order valence-electron chi connectivity index (χ4n) is 6.02. The van der Waals surface area contributed by atoms with E-state index in [0.717, 1.165) is 37.1 Å². The van der Waals surface area contributed by atoms with Crippen LogP contribution in [0.25, 0.3) is 11.1 Å². The van der Waals surface area contributed by atoms with Crippen molar-refractivity contribution in [1.82, 2.24) is 14.8 Å². The molecule has 2 saturated heterocycles. The number of halogens is 2. The molecule has 0 radical (unpaired) electrons. The molecule has 44 heavy (non-hydrogen) atoms. The number of alkyl halides is 2. The Bertz CT molecular complexity index is 1640. The molecule has 11 nitrogen and oxygen atoms in total. The van der Waals surface area contributed by atoms with Crippen LogP contribution >= 0.6 is 0 Å². The molecule has 3 N–H and O–H groups in total. The summed E-state index contributed by atoms with van der Waals surface area (Å²) in [7, 11) is -1.97. The van der Waals surface area contributed by atoms with Gasteiger partial charge in [0.25, 0.3) is 11.8 Å². The number of carbonyl (C=O) groups excluding carboxylic acids is 1. The number of piperidine rings is 2. The molecule has 236 valence electrons. The van der Waals surface area contributed by atoms with Crippen molar-refractivity contribution < 1.29 is 27.1 Å². The van der Waals surface area contributed by atoms with Gasteiger partial charge in [0, 0.05) is 57.8 Å². The Hall–Kier alpha value is -3.78. The summed E-state index contributed by atoms with van der Waals surface area (Å²) in [5.41, 5.74) is 3.17. The molecule has 1 aliphatic carbocycles. The number of amides is 1. The smallest absolute Gasteiger partial charge is 0.258 e. The second-order valence-electron chi connectivity index (χ2n) is 12.2. The van der Waals surface area contributed by atoms with E-state index < -0.39 is 34.2 Å². The fraction of sp³-hybridized carbons (Fsp3) is 0.500. The second kappa shape index (κ2) is 11.6. The summed E-state index contributed by atoms with van der Waals surface area (Å²) in [6, 6.07) is 8.32. The Morgan fingerprint density at radius 3 is 2.32 bits per heavy atom. The minimum atomic E-state index is -3.76. The van der Waals surface area contributed by atoms with Crippen LogP contribution < -0.4 is 19.8 Å². The number of anilines is 4. The zero-order valence-electron chi connectivity index (χ0n) is 24.6. The van der Waals surface area contributed by atoms with Crippen LogP contribution in [0.15, 0.2) is 42.7 Å². The highest BCUT2D eigenvalue weighted by Gasteiger charge is 2.44. The quantitative estimate of drug-likeness (QED) is 0.323. The number of sulfonamides is 1.